The smallest absolute Gasteiger partial charge is 0.223 e. The van der Waals surface area contributed by atoms with Crippen LogP contribution >= 0.6 is 0 Å². The molecule has 5 nitrogen and oxygen atoms in total. The van der Waals surface area contributed by atoms with E-state index in [0.29, 0.717) is 12.3 Å². The SMILES string of the molecule is Cc1nc(C)c(C(C)C)c(N2CCN(C(=O)CC(C)(C)C)CC2)n1. The molecule has 0 N–H and O–H groups in total. The van der Waals surface area contributed by atoms with Gasteiger partial charge in [-0.1, -0.05) is 34.6 Å². The number of hydrogen-bond donors (Lipinski definition) is 0. The maximum absolute atomic E-state index is 12.4. The number of aryl methyl sites for hydroxylation is 2. The van der Waals surface area contributed by atoms with Gasteiger partial charge < -0.3 is 9.80 Å². The third-order valence-corrected chi connectivity index (χ3v) is 4.42. The normalized spacial score (nSPS) is 16.0. The lowest BCUT2D eigenvalue weighted by atomic mass is 9.91. The van der Waals surface area contributed by atoms with E-state index in [0.717, 1.165) is 43.5 Å². The summed E-state index contributed by atoms with van der Waals surface area (Å²) in [4.78, 5) is 26.0. The van der Waals surface area contributed by atoms with Crippen molar-refractivity contribution in [2.45, 2.75) is 60.8 Å². The van der Waals surface area contributed by atoms with Crippen LogP contribution in [0.2, 0.25) is 0 Å². The van der Waals surface area contributed by atoms with Crippen molar-refractivity contribution >= 4 is 11.7 Å². The van der Waals surface area contributed by atoms with Gasteiger partial charge in [0.25, 0.3) is 0 Å². The number of aromatic nitrogens is 2. The Balaban J connectivity index is 2.12. The number of anilines is 1. The largest absolute Gasteiger partial charge is 0.353 e. The summed E-state index contributed by atoms with van der Waals surface area (Å²) in [6.45, 7) is 18.0. The van der Waals surface area contributed by atoms with Crippen molar-refractivity contribution in [1.82, 2.24) is 14.9 Å². The molecule has 0 unspecified atom stereocenters. The molecular weight excluding hydrogens is 300 g/mol. The fourth-order valence-electron chi connectivity index (χ4n) is 3.35. The van der Waals surface area contributed by atoms with Crippen molar-refractivity contribution in [2.24, 2.45) is 5.41 Å². The fourth-order valence-corrected chi connectivity index (χ4v) is 3.35. The van der Waals surface area contributed by atoms with E-state index in [9.17, 15) is 4.79 Å². The standard InChI is InChI=1S/C19H32N4O/c1-13(2)17-14(3)20-15(4)21-18(17)23-10-8-22(9-11-23)16(24)12-19(5,6)7/h13H,8-12H2,1-7H3. The molecule has 5 heteroatoms. The predicted molar refractivity (Wildman–Crippen MR) is 98.5 cm³/mol. The van der Waals surface area contributed by atoms with E-state index in [2.05, 4.69) is 51.4 Å². The summed E-state index contributed by atoms with van der Waals surface area (Å²) in [5.74, 6) is 2.53. The second kappa shape index (κ2) is 7.08. The van der Waals surface area contributed by atoms with Gasteiger partial charge >= 0.3 is 0 Å². The summed E-state index contributed by atoms with van der Waals surface area (Å²) in [5, 5.41) is 0. The lowest BCUT2D eigenvalue weighted by Crippen LogP contribution is -2.50. The van der Waals surface area contributed by atoms with Gasteiger partial charge in [0.1, 0.15) is 11.6 Å². The van der Waals surface area contributed by atoms with E-state index in [1.165, 1.54) is 5.56 Å². The zero-order valence-corrected chi connectivity index (χ0v) is 16.3. The molecule has 1 aromatic heterocycles. The highest BCUT2D eigenvalue weighted by molar-refractivity contribution is 5.77. The van der Waals surface area contributed by atoms with Gasteiger partial charge in [0, 0.05) is 43.9 Å². The van der Waals surface area contributed by atoms with Crippen LogP contribution in [0.3, 0.4) is 0 Å². The van der Waals surface area contributed by atoms with Crippen LogP contribution in [0.25, 0.3) is 0 Å². The molecule has 0 saturated carbocycles. The lowest BCUT2D eigenvalue weighted by molar-refractivity contribution is -0.133. The van der Waals surface area contributed by atoms with E-state index >= 15 is 0 Å². The Bertz CT molecular complexity index is 596. The second-order valence-corrected chi connectivity index (χ2v) is 8.35. The molecule has 134 valence electrons. The van der Waals surface area contributed by atoms with Gasteiger partial charge in [-0.05, 0) is 25.2 Å². The number of piperazine rings is 1. The molecule has 0 aliphatic carbocycles. The van der Waals surface area contributed by atoms with Gasteiger partial charge in [0.2, 0.25) is 5.91 Å². The highest BCUT2D eigenvalue weighted by Crippen LogP contribution is 2.29. The Morgan fingerprint density at radius 3 is 2.17 bits per heavy atom. The molecule has 0 atom stereocenters. The Labute approximate surface area is 146 Å². The Morgan fingerprint density at radius 2 is 1.67 bits per heavy atom. The van der Waals surface area contributed by atoms with Crippen molar-refractivity contribution in [3.8, 4) is 0 Å². The molecule has 2 rings (SSSR count). The molecule has 1 saturated heterocycles. The summed E-state index contributed by atoms with van der Waals surface area (Å²) in [5.41, 5.74) is 2.34. The molecule has 0 radical (unpaired) electrons. The summed E-state index contributed by atoms with van der Waals surface area (Å²) in [6, 6.07) is 0. The first-order valence-corrected chi connectivity index (χ1v) is 8.96. The minimum Gasteiger partial charge on any atom is -0.353 e. The molecule has 1 aliphatic rings. The molecule has 1 fully saturated rings. The van der Waals surface area contributed by atoms with E-state index in [4.69, 9.17) is 4.98 Å². The number of rotatable bonds is 3. The minimum absolute atomic E-state index is 0.0416. The number of carbonyl (C=O) groups is 1. The number of amides is 1. The zero-order valence-electron chi connectivity index (χ0n) is 16.3. The summed E-state index contributed by atoms with van der Waals surface area (Å²) in [6.07, 6.45) is 0.607. The number of hydrogen-bond acceptors (Lipinski definition) is 4. The van der Waals surface area contributed by atoms with Crippen LogP contribution in [0, 0.1) is 19.3 Å². The summed E-state index contributed by atoms with van der Waals surface area (Å²) < 4.78 is 0. The van der Waals surface area contributed by atoms with Gasteiger partial charge in [-0.25, -0.2) is 9.97 Å². The Kier molecular flexibility index (Phi) is 5.51. The van der Waals surface area contributed by atoms with E-state index in [1.807, 2.05) is 11.8 Å². The van der Waals surface area contributed by atoms with E-state index in [-0.39, 0.29) is 11.3 Å². The van der Waals surface area contributed by atoms with E-state index < -0.39 is 0 Å². The zero-order chi connectivity index (χ0) is 18.1. The first kappa shape index (κ1) is 18.7. The first-order valence-electron chi connectivity index (χ1n) is 8.96. The first-order chi connectivity index (χ1) is 11.1. The molecule has 0 spiro atoms. The summed E-state index contributed by atoms with van der Waals surface area (Å²) in [7, 11) is 0. The molecular formula is C19H32N4O. The highest BCUT2D eigenvalue weighted by Gasteiger charge is 2.27. The van der Waals surface area contributed by atoms with Gasteiger partial charge in [-0.15, -0.1) is 0 Å². The van der Waals surface area contributed by atoms with Crippen molar-refractivity contribution in [1.29, 1.82) is 0 Å². The summed E-state index contributed by atoms with van der Waals surface area (Å²) >= 11 is 0. The van der Waals surface area contributed by atoms with Crippen molar-refractivity contribution in [3.63, 3.8) is 0 Å². The van der Waals surface area contributed by atoms with Crippen LogP contribution in [-0.2, 0) is 4.79 Å². The lowest BCUT2D eigenvalue weighted by Gasteiger charge is -2.37. The molecule has 0 aromatic carbocycles. The molecule has 0 bridgehead atoms. The second-order valence-electron chi connectivity index (χ2n) is 8.35. The monoisotopic (exact) mass is 332 g/mol. The Hall–Kier alpha value is -1.65. The van der Waals surface area contributed by atoms with Crippen LogP contribution in [0.5, 0.6) is 0 Å². The Morgan fingerprint density at radius 1 is 1.08 bits per heavy atom. The van der Waals surface area contributed by atoms with Gasteiger partial charge in [0.15, 0.2) is 0 Å². The van der Waals surface area contributed by atoms with Crippen LogP contribution in [-0.4, -0.2) is 47.0 Å². The average molecular weight is 332 g/mol. The van der Waals surface area contributed by atoms with Gasteiger partial charge in [0.05, 0.1) is 0 Å². The van der Waals surface area contributed by atoms with Crippen molar-refractivity contribution in [3.05, 3.63) is 17.1 Å². The van der Waals surface area contributed by atoms with E-state index in [1.54, 1.807) is 0 Å². The third kappa shape index (κ3) is 4.46. The minimum atomic E-state index is 0.0416. The molecule has 1 aromatic rings. The quantitative estimate of drug-likeness (QED) is 0.852. The molecule has 1 aliphatic heterocycles. The van der Waals surface area contributed by atoms with Crippen molar-refractivity contribution in [2.75, 3.05) is 31.1 Å². The van der Waals surface area contributed by atoms with Crippen LogP contribution < -0.4 is 4.90 Å². The number of carbonyl (C=O) groups excluding carboxylic acids is 1. The number of nitrogens with zero attached hydrogens (tertiary/aromatic N) is 4. The van der Waals surface area contributed by atoms with Crippen LogP contribution in [0.1, 0.15) is 64.0 Å². The van der Waals surface area contributed by atoms with Gasteiger partial charge in [-0.2, -0.15) is 0 Å². The van der Waals surface area contributed by atoms with Gasteiger partial charge in [-0.3, -0.25) is 4.79 Å². The topological polar surface area (TPSA) is 49.3 Å². The fraction of sp³-hybridized carbons (Fsp3) is 0.737. The molecule has 1 amide bonds. The molecule has 2 heterocycles. The maximum atomic E-state index is 12.4. The van der Waals surface area contributed by atoms with Crippen LogP contribution in [0.15, 0.2) is 0 Å². The third-order valence-electron chi connectivity index (χ3n) is 4.42. The maximum Gasteiger partial charge on any atom is 0.223 e. The predicted octanol–water partition coefficient (Wildman–Crippen LogP) is 3.30. The molecule has 24 heavy (non-hydrogen) atoms. The highest BCUT2D eigenvalue weighted by atomic mass is 16.2. The van der Waals surface area contributed by atoms with Crippen LogP contribution in [0.4, 0.5) is 5.82 Å². The van der Waals surface area contributed by atoms with Crippen molar-refractivity contribution < 1.29 is 4.79 Å². The average Bonchev–Trinajstić information content (AvgIpc) is 2.44.